The zero-order valence-corrected chi connectivity index (χ0v) is 15.6. The second-order valence-electron chi connectivity index (χ2n) is 5.51. The van der Waals surface area contributed by atoms with Crippen LogP contribution in [0.1, 0.15) is 41.4 Å². The number of carboxylic acid groups (broad SMARTS) is 4. The highest BCUT2D eigenvalue weighted by atomic mass is 16.4. The maximum atomic E-state index is 11.0. The molecule has 0 unspecified atom stereocenters. The topological polar surface area (TPSA) is 149 Å². The van der Waals surface area contributed by atoms with Gasteiger partial charge in [0.1, 0.15) is 0 Å². The molecule has 0 amide bonds. The van der Waals surface area contributed by atoms with Gasteiger partial charge in [-0.2, -0.15) is 0 Å². The summed E-state index contributed by atoms with van der Waals surface area (Å²) in [6, 6.07) is 14.4. The standard InChI is InChI=1S/C12H8O4.C8H6O4.C2H4/c13-11(14)8-5-1-3-7-4-2-6-9(10(7)8)12(15)16;9-7(10)5-1-2-6(4-3-5)8(11)12;1-2/h1-6H,(H,13,14)(H,15,16);1-4H,(H,9,10)(H,11,12);1-2H2. The molecule has 0 aromatic heterocycles. The number of benzene rings is 3. The molecule has 0 radical (unpaired) electrons. The maximum Gasteiger partial charge on any atom is 0.336 e. The van der Waals surface area contributed by atoms with Gasteiger partial charge in [-0.1, -0.05) is 24.3 Å². The van der Waals surface area contributed by atoms with E-state index in [0.29, 0.717) is 5.39 Å². The molecule has 0 fully saturated rings. The quantitative estimate of drug-likeness (QED) is 0.469. The third-order valence-electron chi connectivity index (χ3n) is 3.74. The fourth-order valence-electron chi connectivity index (χ4n) is 2.45. The van der Waals surface area contributed by atoms with Crippen LogP contribution in [0.4, 0.5) is 0 Å². The minimum absolute atomic E-state index is 0.00972. The van der Waals surface area contributed by atoms with E-state index in [1.807, 2.05) is 0 Å². The van der Waals surface area contributed by atoms with Crippen LogP contribution in [0.5, 0.6) is 0 Å². The zero-order chi connectivity index (χ0) is 22.8. The van der Waals surface area contributed by atoms with Crippen molar-refractivity contribution in [1.29, 1.82) is 0 Å². The second-order valence-corrected chi connectivity index (χ2v) is 5.51. The van der Waals surface area contributed by atoms with Gasteiger partial charge < -0.3 is 20.4 Å². The summed E-state index contributed by atoms with van der Waals surface area (Å²) in [6.07, 6.45) is 0. The van der Waals surface area contributed by atoms with Gasteiger partial charge in [0.05, 0.1) is 22.3 Å². The van der Waals surface area contributed by atoms with Crippen LogP contribution in [0, 0.1) is 0 Å². The van der Waals surface area contributed by atoms with E-state index in [9.17, 15) is 19.2 Å². The average Bonchev–Trinajstić information content (AvgIpc) is 2.74. The first kappa shape index (κ1) is 23.6. The molecule has 3 aromatic rings. The third-order valence-corrected chi connectivity index (χ3v) is 3.74. The van der Waals surface area contributed by atoms with Crippen molar-refractivity contribution in [1.82, 2.24) is 0 Å². The smallest absolute Gasteiger partial charge is 0.336 e. The highest BCUT2D eigenvalue weighted by Crippen LogP contribution is 2.23. The number of rotatable bonds is 4. The summed E-state index contributed by atoms with van der Waals surface area (Å²) >= 11 is 0. The normalized spacial score (nSPS) is 9.33. The van der Waals surface area contributed by atoms with E-state index in [2.05, 4.69) is 13.2 Å². The van der Waals surface area contributed by atoms with Crippen molar-refractivity contribution in [2.24, 2.45) is 0 Å². The second kappa shape index (κ2) is 10.8. The number of hydrogen-bond acceptors (Lipinski definition) is 4. The van der Waals surface area contributed by atoms with Gasteiger partial charge in [0, 0.05) is 5.39 Å². The summed E-state index contributed by atoms with van der Waals surface area (Å²) in [6.45, 7) is 6.00. The Morgan fingerprint density at radius 3 is 1.13 bits per heavy atom. The molecule has 0 atom stereocenters. The van der Waals surface area contributed by atoms with Gasteiger partial charge in [0.2, 0.25) is 0 Å². The predicted octanol–water partition coefficient (Wildman–Crippen LogP) is 4.12. The van der Waals surface area contributed by atoms with E-state index in [0.717, 1.165) is 0 Å². The fourth-order valence-corrected chi connectivity index (χ4v) is 2.45. The van der Waals surface area contributed by atoms with Crippen LogP contribution in [0.2, 0.25) is 0 Å². The van der Waals surface area contributed by atoms with Crippen molar-refractivity contribution in [3.05, 3.63) is 96.1 Å². The molecular weight excluding hydrogens is 392 g/mol. The summed E-state index contributed by atoms with van der Waals surface area (Å²) in [5.41, 5.74) is 0.186. The lowest BCUT2D eigenvalue weighted by molar-refractivity contribution is 0.0681. The van der Waals surface area contributed by atoms with E-state index in [4.69, 9.17) is 20.4 Å². The summed E-state index contributed by atoms with van der Waals surface area (Å²) in [5, 5.41) is 35.8. The predicted molar refractivity (Wildman–Crippen MR) is 109 cm³/mol. The Hall–Kier alpha value is -4.46. The number of hydrogen-bond donors (Lipinski definition) is 4. The molecule has 154 valence electrons. The summed E-state index contributed by atoms with van der Waals surface area (Å²) in [7, 11) is 0. The molecule has 3 rings (SSSR count). The monoisotopic (exact) mass is 410 g/mol. The summed E-state index contributed by atoms with van der Waals surface area (Å²) in [4.78, 5) is 42.7. The van der Waals surface area contributed by atoms with Crippen LogP contribution in [-0.4, -0.2) is 44.3 Å². The largest absolute Gasteiger partial charge is 0.478 e. The summed E-state index contributed by atoms with van der Waals surface area (Å²) in [5.74, 6) is -4.38. The minimum Gasteiger partial charge on any atom is -0.478 e. The molecule has 30 heavy (non-hydrogen) atoms. The molecule has 0 spiro atoms. The maximum absolute atomic E-state index is 11.0. The van der Waals surface area contributed by atoms with Crippen LogP contribution in [0.15, 0.2) is 73.8 Å². The minimum atomic E-state index is -1.13. The first-order chi connectivity index (χ1) is 14.2. The SMILES string of the molecule is C=C.O=C(O)c1ccc(C(=O)O)cc1.O=C(O)c1cccc2cccc(C(=O)O)c12. The van der Waals surface area contributed by atoms with Gasteiger partial charge in [0.15, 0.2) is 0 Å². The lowest BCUT2D eigenvalue weighted by Gasteiger charge is -2.05. The number of fused-ring (bicyclic) bond motifs is 1. The molecule has 0 aliphatic rings. The molecule has 0 saturated carbocycles. The average molecular weight is 410 g/mol. The van der Waals surface area contributed by atoms with Crippen LogP contribution in [0.3, 0.4) is 0 Å². The number of aromatic carboxylic acids is 4. The first-order valence-corrected chi connectivity index (χ1v) is 8.27. The van der Waals surface area contributed by atoms with E-state index in [1.54, 1.807) is 24.3 Å². The van der Waals surface area contributed by atoms with E-state index in [1.165, 1.54) is 36.4 Å². The van der Waals surface area contributed by atoms with Crippen LogP contribution in [0.25, 0.3) is 10.8 Å². The van der Waals surface area contributed by atoms with Gasteiger partial charge in [-0.05, 0) is 41.8 Å². The van der Waals surface area contributed by atoms with Crippen molar-refractivity contribution in [2.45, 2.75) is 0 Å². The Balaban J connectivity index is 0.000000287. The highest BCUT2D eigenvalue weighted by molar-refractivity contribution is 6.12. The van der Waals surface area contributed by atoms with Crippen LogP contribution < -0.4 is 0 Å². The molecule has 8 nitrogen and oxygen atoms in total. The third kappa shape index (κ3) is 5.77. The van der Waals surface area contributed by atoms with E-state index < -0.39 is 23.9 Å². The van der Waals surface area contributed by atoms with E-state index >= 15 is 0 Å². The molecule has 3 aromatic carbocycles. The van der Waals surface area contributed by atoms with Crippen molar-refractivity contribution in [2.75, 3.05) is 0 Å². The molecule has 0 heterocycles. The van der Waals surface area contributed by atoms with Crippen LogP contribution >= 0.6 is 0 Å². The molecule has 4 N–H and O–H groups in total. The Labute approximate surface area is 171 Å². The lowest BCUT2D eigenvalue weighted by Crippen LogP contribution is -2.03. The number of carboxylic acids is 4. The molecule has 8 heteroatoms. The zero-order valence-electron chi connectivity index (χ0n) is 15.6. The number of carbonyl (C=O) groups is 4. The Morgan fingerprint density at radius 1 is 0.533 bits per heavy atom. The molecule has 0 bridgehead atoms. The Morgan fingerprint density at radius 2 is 0.867 bits per heavy atom. The summed E-state index contributed by atoms with van der Waals surface area (Å²) < 4.78 is 0. The van der Waals surface area contributed by atoms with Gasteiger partial charge in [-0.25, -0.2) is 19.2 Å². The molecule has 0 aliphatic heterocycles. The van der Waals surface area contributed by atoms with Gasteiger partial charge in [-0.3, -0.25) is 0 Å². The molecular formula is C22H18O8. The van der Waals surface area contributed by atoms with Gasteiger partial charge >= 0.3 is 23.9 Å². The van der Waals surface area contributed by atoms with Crippen molar-refractivity contribution >= 4 is 34.6 Å². The first-order valence-electron chi connectivity index (χ1n) is 8.27. The highest BCUT2D eigenvalue weighted by Gasteiger charge is 2.15. The van der Waals surface area contributed by atoms with Crippen molar-refractivity contribution in [3.8, 4) is 0 Å². The van der Waals surface area contributed by atoms with Gasteiger partial charge in [-0.15, -0.1) is 13.2 Å². The Bertz CT molecular complexity index is 1000. The molecule has 0 saturated heterocycles. The molecule has 0 aliphatic carbocycles. The lowest BCUT2D eigenvalue weighted by atomic mass is 9.99. The Kier molecular flexibility index (Phi) is 8.46. The van der Waals surface area contributed by atoms with Crippen LogP contribution in [-0.2, 0) is 0 Å². The van der Waals surface area contributed by atoms with Gasteiger partial charge in [0.25, 0.3) is 0 Å². The van der Waals surface area contributed by atoms with E-state index in [-0.39, 0.29) is 27.6 Å². The fraction of sp³-hybridized carbons (Fsp3) is 0. The van der Waals surface area contributed by atoms with Crippen molar-refractivity contribution in [3.63, 3.8) is 0 Å². The van der Waals surface area contributed by atoms with Crippen molar-refractivity contribution < 1.29 is 39.6 Å².